The Hall–Kier alpha value is -1.64. The van der Waals surface area contributed by atoms with Crippen molar-refractivity contribution in [1.82, 2.24) is 4.98 Å². The summed E-state index contributed by atoms with van der Waals surface area (Å²) < 4.78 is 18.3. The van der Waals surface area contributed by atoms with E-state index < -0.39 is 0 Å². The molecule has 0 saturated carbocycles. The van der Waals surface area contributed by atoms with Gasteiger partial charge in [0.05, 0.1) is 11.8 Å². The zero-order valence-electron chi connectivity index (χ0n) is 7.12. The molecule has 0 amide bonds. The average Bonchev–Trinajstić information content (AvgIpc) is 2.56. The molecule has 0 fully saturated rings. The summed E-state index contributed by atoms with van der Waals surface area (Å²) in [6.45, 7) is 1.84. The van der Waals surface area contributed by atoms with Crippen LogP contribution in [0.25, 0.3) is 11.3 Å². The maximum Gasteiger partial charge on any atom is 0.181 e. The van der Waals surface area contributed by atoms with Crippen LogP contribution in [0.1, 0.15) is 5.56 Å². The lowest BCUT2D eigenvalue weighted by Gasteiger charge is -1.99. The first kappa shape index (κ1) is 7.98. The lowest BCUT2D eigenvalue weighted by molar-refractivity contribution is 0.561. The highest BCUT2D eigenvalue weighted by Gasteiger charge is 2.07. The van der Waals surface area contributed by atoms with Crippen LogP contribution in [0.2, 0.25) is 0 Å². The van der Waals surface area contributed by atoms with E-state index in [-0.39, 0.29) is 5.82 Å². The van der Waals surface area contributed by atoms with Gasteiger partial charge in [-0.2, -0.15) is 0 Å². The molecule has 0 saturated heterocycles. The summed E-state index contributed by atoms with van der Waals surface area (Å²) in [5.74, 6) is 0.175. The van der Waals surface area contributed by atoms with Gasteiger partial charge in [-0.25, -0.2) is 9.37 Å². The van der Waals surface area contributed by atoms with Gasteiger partial charge in [-0.1, -0.05) is 6.07 Å². The van der Waals surface area contributed by atoms with Gasteiger partial charge >= 0.3 is 0 Å². The van der Waals surface area contributed by atoms with Gasteiger partial charge in [0, 0.05) is 0 Å². The largest absolute Gasteiger partial charge is 0.443 e. The first-order valence-electron chi connectivity index (χ1n) is 3.92. The Morgan fingerprint density at radius 1 is 1.38 bits per heavy atom. The van der Waals surface area contributed by atoms with Crippen molar-refractivity contribution >= 4 is 0 Å². The van der Waals surface area contributed by atoms with E-state index in [2.05, 4.69) is 4.98 Å². The van der Waals surface area contributed by atoms with Crippen LogP contribution in [0.5, 0.6) is 0 Å². The van der Waals surface area contributed by atoms with Crippen LogP contribution in [0.15, 0.2) is 35.2 Å². The van der Waals surface area contributed by atoms with Gasteiger partial charge in [0.25, 0.3) is 0 Å². The third-order valence-electron chi connectivity index (χ3n) is 1.82. The summed E-state index contributed by atoms with van der Waals surface area (Å²) in [5, 5.41) is 0. The predicted molar refractivity (Wildman–Crippen MR) is 46.6 cm³/mol. The van der Waals surface area contributed by atoms with E-state index in [9.17, 15) is 4.39 Å². The Labute approximate surface area is 75.0 Å². The normalized spacial score (nSPS) is 10.3. The average molecular weight is 177 g/mol. The number of hydrogen-bond acceptors (Lipinski definition) is 2. The van der Waals surface area contributed by atoms with Crippen LogP contribution in [0.4, 0.5) is 4.39 Å². The fourth-order valence-corrected chi connectivity index (χ4v) is 1.17. The molecule has 3 heteroatoms. The van der Waals surface area contributed by atoms with Crippen molar-refractivity contribution in [2.24, 2.45) is 0 Å². The second kappa shape index (κ2) is 3.01. The number of oxazole rings is 1. The molecule has 1 heterocycles. The molecule has 0 aliphatic rings. The molecular weight excluding hydrogens is 169 g/mol. The molecule has 0 aliphatic carbocycles. The molecule has 0 bridgehead atoms. The Bertz CT molecular complexity index is 409. The van der Waals surface area contributed by atoms with Gasteiger partial charge in [-0.15, -0.1) is 0 Å². The molecule has 13 heavy (non-hydrogen) atoms. The highest BCUT2D eigenvalue weighted by Crippen LogP contribution is 2.22. The zero-order chi connectivity index (χ0) is 9.26. The Kier molecular flexibility index (Phi) is 1.85. The van der Waals surface area contributed by atoms with Crippen LogP contribution in [0, 0.1) is 12.7 Å². The SMILES string of the molecule is Cc1ccc(-c2cnco2)c(F)c1. The molecule has 66 valence electrons. The Morgan fingerprint density at radius 2 is 2.23 bits per heavy atom. The standard InChI is InChI=1S/C10H8FNO/c1-7-2-3-8(9(11)4-7)10-5-12-6-13-10/h2-6H,1H3. The minimum atomic E-state index is -0.281. The van der Waals surface area contributed by atoms with Crippen molar-refractivity contribution in [2.75, 3.05) is 0 Å². The number of hydrogen-bond donors (Lipinski definition) is 0. The van der Waals surface area contributed by atoms with Crippen molar-refractivity contribution < 1.29 is 8.81 Å². The van der Waals surface area contributed by atoms with Crippen LogP contribution in [-0.4, -0.2) is 4.98 Å². The molecular formula is C10H8FNO. The summed E-state index contributed by atoms with van der Waals surface area (Å²) in [6, 6.07) is 4.99. The fourth-order valence-electron chi connectivity index (χ4n) is 1.17. The minimum absolute atomic E-state index is 0.281. The number of benzene rings is 1. The molecule has 1 aromatic heterocycles. The molecule has 2 nitrogen and oxygen atoms in total. The lowest BCUT2D eigenvalue weighted by atomic mass is 10.1. The van der Waals surface area contributed by atoms with Gasteiger partial charge in [0.15, 0.2) is 12.2 Å². The molecule has 0 N–H and O–H groups in total. The highest BCUT2D eigenvalue weighted by molar-refractivity contribution is 5.57. The number of rotatable bonds is 1. The van der Waals surface area contributed by atoms with Gasteiger partial charge in [-0.05, 0) is 24.6 Å². The van der Waals surface area contributed by atoms with E-state index in [1.807, 2.05) is 13.0 Å². The second-order valence-corrected chi connectivity index (χ2v) is 2.85. The van der Waals surface area contributed by atoms with Crippen molar-refractivity contribution in [2.45, 2.75) is 6.92 Å². The first-order chi connectivity index (χ1) is 6.27. The number of nitrogens with zero attached hydrogens (tertiary/aromatic N) is 1. The summed E-state index contributed by atoms with van der Waals surface area (Å²) in [6.07, 6.45) is 2.78. The minimum Gasteiger partial charge on any atom is -0.443 e. The van der Waals surface area contributed by atoms with E-state index >= 15 is 0 Å². The molecule has 0 spiro atoms. The van der Waals surface area contributed by atoms with Gasteiger partial charge < -0.3 is 4.42 Å². The smallest absolute Gasteiger partial charge is 0.181 e. The summed E-state index contributed by atoms with van der Waals surface area (Å²) in [7, 11) is 0. The third-order valence-corrected chi connectivity index (χ3v) is 1.82. The molecule has 2 rings (SSSR count). The van der Waals surface area contributed by atoms with Crippen molar-refractivity contribution in [1.29, 1.82) is 0 Å². The molecule has 0 atom stereocenters. The van der Waals surface area contributed by atoms with Crippen molar-refractivity contribution in [3.05, 3.63) is 42.2 Å². The Morgan fingerprint density at radius 3 is 2.85 bits per heavy atom. The van der Waals surface area contributed by atoms with E-state index in [4.69, 9.17) is 4.42 Å². The predicted octanol–water partition coefficient (Wildman–Crippen LogP) is 2.79. The number of halogens is 1. The van der Waals surface area contributed by atoms with Crippen LogP contribution in [0.3, 0.4) is 0 Å². The molecule has 1 aromatic carbocycles. The summed E-state index contributed by atoms with van der Waals surface area (Å²) in [5.41, 5.74) is 1.34. The van der Waals surface area contributed by atoms with Crippen molar-refractivity contribution in [3.63, 3.8) is 0 Å². The van der Waals surface area contributed by atoms with Gasteiger partial charge in [0.2, 0.25) is 0 Å². The van der Waals surface area contributed by atoms with Crippen LogP contribution in [-0.2, 0) is 0 Å². The fraction of sp³-hybridized carbons (Fsp3) is 0.100. The van der Waals surface area contributed by atoms with Crippen molar-refractivity contribution in [3.8, 4) is 11.3 Å². The van der Waals surface area contributed by atoms with E-state index in [0.717, 1.165) is 5.56 Å². The van der Waals surface area contributed by atoms with E-state index in [1.165, 1.54) is 18.7 Å². The van der Waals surface area contributed by atoms with E-state index in [1.54, 1.807) is 6.07 Å². The van der Waals surface area contributed by atoms with E-state index in [0.29, 0.717) is 11.3 Å². The molecule has 0 aliphatic heterocycles. The zero-order valence-corrected chi connectivity index (χ0v) is 7.12. The summed E-state index contributed by atoms with van der Waals surface area (Å²) >= 11 is 0. The van der Waals surface area contributed by atoms with Gasteiger partial charge in [0.1, 0.15) is 5.82 Å². The topological polar surface area (TPSA) is 26.0 Å². The highest BCUT2D eigenvalue weighted by atomic mass is 19.1. The number of aromatic nitrogens is 1. The summed E-state index contributed by atoms with van der Waals surface area (Å²) in [4.78, 5) is 3.73. The first-order valence-corrected chi connectivity index (χ1v) is 3.92. The second-order valence-electron chi connectivity index (χ2n) is 2.85. The molecule has 0 radical (unpaired) electrons. The van der Waals surface area contributed by atoms with Crippen LogP contribution >= 0.6 is 0 Å². The molecule has 2 aromatic rings. The quantitative estimate of drug-likeness (QED) is 0.669. The maximum atomic E-state index is 13.3. The lowest BCUT2D eigenvalue weighted by Crippen LogP contribution is -1.83. The van der Waals surface area contributed by atoms with Gasteiger partial charge in [-0.3, -0.25) is 0 Å². The molecule has 0 unspecified atom stereocenters. The Balaban J connectivity index is 2.53. The maximum absolute atomic E-state index is 13.3. The van der Waals surface area contributed by atoms with Crippen LogP contribution < -0.4 is 0 Å². The monoisotopic (exact) mass is 177 g/mol. The third kappa shape index (κ3) is 1.45. The number of aryl methyl sites for hydroxylation is 1.